The highest BCUT2D eigenvalue weighted by molar-refractivity contribution is 9.11. The Morgan fingerprint density at radius 3 is 2.25 bits per heavy atom. The molecule has 0 spiro atoms. The zero-order valence-electron chi connectivity index (χ0n) is 10.3. The maximum absolute atomic E-state index is 5.79. The van der Waals surface area contributed by atoms with Crippen LogP contribution in [0.3, 0.4) is 0 Å². The molecule has 0 unspecified atom stereocenters. The number of benzene rings is 2. The number of anilines is 1. The van der Waals surface area contributed by atoms with E-state index in [2.05, 4.69) is 69.0 Å². The largest absolute Gasteiger partial charge is 0.489 e. The first-order valence-corrected chi connectivity index (χ1v) is 9.00. The lowest BCUT2D eigenvalue weighted by atomic mass is 10.3. The number of halogens is 4. The molecule has 2 rings (SSSR count). The molecule has 2 aromatic carbocycles. The summed E-state index contributed by atoms with van der Waals surface area (Å²) in [5.41, 5.74) is 1.07. The van der Waals surface area contributed by atoms with E-state index in [1.54, 1.807) is 0 Å². The summed E-state index contributed by atoms with van der Waals surface area (Å²) in [7, 11) is 0. The molecule has 0 heterocycles. The van der Waals surface area contributed by atoms with Crippen LogP contribution in [0.5, 0.6) is 5.75 Å². The summed E-state index contributed by atoms with van der Waals surface area (Å²) in [4.78, 5) is 0. The van der Waals surface area contributed by atoms with Gasteiger partial charge in [-0.1, -0.05) is 37.9 Å². The van der Waals surface area contributed by atoms with Crippen LogP contribution in [0, 0.1) is 0 Å². The average molecular weight is 529 g/mol. The predicted molar refractivity (Wildman–Crippen MR) is 97.7 cm³/mol. The maximum Gasteiger partial charge on any atom is 0.147 e. The first-order chi connectivity index (χ1) is 9.56. The molecule has 2 aromatic rings. The van der Waals surface area contributed by atoms with Crippen molar-refractivity contribution in [3.63, 3.8) is 0 Å². The average Bonchev–Trinajstić information content (AvgIpc) is 2.36. The van der Waals surface area contributed by atoms with Gasteiger partial charge in [-0.25, -0.2) is 0 Å². The fourth-order valence-corrected chi connectivity index (χ4v) is 4.50. The van der Waals surface area contributed by atoms with Gasteiger partial charge in [-0.3, -0.25) is 0 Å². The number of ether oxygens (including phenoxy) is 1. The zero-order chi connectivity index (χ0) is 14.5. The van der Waals surface area contributed by atoms with E-state index >= 15 is 0 Å². The molecule has 0 saturated heterocycles. The third-order valence-corrected chi connectivity index (χ3v) is 4.59. The standard InChI is InChI=1S/C14H11Br4NO/c15-9-2-1-3-11(6-9)19-4-5-20-14-12(17)7-10(16)8-13(14)18/h1-3,6-8,19H,4-5H2. The monoisotopic (exact) mass is 525 g/mol. The molecule has 0 bridgehead atoms. The Morgan fingerprint density at radius 2 is 1.60 bits per heavy atom. The molecule has 0 fully saturated rings. The molecule has 0 radical (unpaired) electrons. The normalized spacial score (nSPS) is 10.4. The smallest absolute Gasteiger partial charge is 0.147 e. The number of rotatable bonds is 5. The summed E-state index contributed by atoms with van der Waals surface area (Å²) in [6, 6.07) is 12.0. The van der Waals surface area contributed by atoms with Gasteiger partial charge in [0, 0.05) is 21.2 Å². The van der Waals surface area contributed by atoms with Crippen LogP contribution in [0.1, 0.15) is 0 Å². The van der Waals surface area contributed by atoms with Crippen LogP contribution < -0.4 is 10.1 Å². The molecule has 2 nitrogen and oxygen atoms in total. The van der Waals surface area contributed by atoms with Crippen molar-refractivity contribution in [3.05, 3.63) is 54.3 Å². The Kier molecular flexibility index (Phi) is 6.39. The summed E-state index contributed by atoms with van der Waals surface area (Å²) in [6.07, 6.45) is 0. The lowest BCUT2D eigenvalue weighted by Crippen LogP contribution is -2.11. The molecule has 0 aliphatic heterocycles. The number of hydrogen-bond donors (Lipinski definition) is 1. The Balaban J connectivity index is 1.88. The molecule has 0 aliphatic rings. The van der Waals surface area contributed by atoms with Gasteiger partial charge in [-0.2, -0.15) is 0 Å². The van der Waals surface area contributed by atoms with Crippen molar-refractivity contribution >= 4 is 69.4 Å². The molecule has 0 aliphatic carbocycles. The first-order valence-electron chi connectivity index (χ1n) is 5.83. The van der Waals surface area contributed by atoms with Crippen LogP contribution in [0.15, 0.2) is 54.3 Å². The van der Waals surface area contributed by atoms with Crippen molar-refractivity contribution in [2.45, 2.75) is 0 Å². The lowest BCUT2D eigenvalue weighted by Gasteiger charge is -2.12. The quantitative estimate of drug-likeness (QED) is 0.465. The SMILES string of the molecule is Brc1cccc(NCCOc2c(Br)cc(Br)cc2Br)c1. The van der Waals surface area contributed by atoms with Gasteiger partial charge in [0.2, 0.25) is 0 Å². The molecule has 0 atom stereocenters. The Hall–Kier alpha value is -0.0400. The van der Waals surface area contributed by atoms with Crippen LogP contribution in [-0.4, -0.2) is 13.2 Å². The van der Waals surface area contributed by atoms with E-state index in [9.17, 15) is 0 Å². The maximum atomic E-state index is 5.79. The molecule has 20 heavy (non-hydrogen) atoms. The second-order valence-corrected chi connectivity index (χ2v) is 7.52. The van der Waals surface area contributed by atoms with Crippen molar-refractivity contribution in [1.82, 2.24) is 0 Å². The van der Waals surface area contributed by atoms with E-state index in [1.807, 2.05) is 36.4 Å². The van der Waals surface area contributed by atoms with Crippen LogP contribution in [-0.2, 0) is 0 Å². The summed E-state index contributed by atoms with van der Waals surface area (Å²) < 4.78 is 9.67. The van der Waals surface area contributed by atoms with E-state index in [-0.39, 0.29) is 0 Å². The summed E-state index contributed by atoms with van der Waals surface area (Å²) in [6.45, 7) is 1.30. The Morgan fingerprint density at radius 1 is 0.900 bits per heavy atom. The molecule has 0 amide bonds. The van der Waals surface area contributed by atoms with E-state index in [0.717, 1.165) is 35.9 Å². The second-order valence-electron chi connectivity index (χ2n) is 3.98. The molecular formula is C14H11Br4NO. The predicted octanol–water partition coefficient (Wildman–Crippen LogP) is 6.23. The third kappa shape index (κ3) is 4.76. The molecule has 0 aromatic heterocycles. The fraction of sp³-hybridized carbons (Fsp3) is 0.143. The van der Waals surface area contributed by atoms with Gasteiger partial charge in [0.1, 0.15) is 12.4 Å². The minimum absolute atomic E-state index is 0.575. The third-order valence-electron chi connectivity index (χ3n) is 2.47. The highest BCUT2D eigenvalue weighted by atomic mass is 79.9. The van der Waals surface area contributed by atoms with E-state index in [1.165, 1.54) is 0 Å². The number of hydrogen-bond acceptors (Lipinski definition) is 2. The van der Waals surface area contributed by atoms with Crippen LogP contribution in [0.4, 0.5) is 5.69 Å². The van der Waals surface area contributed by atoms with Gasteiger partial charge in [0.25, 0.3) is 0 Å². The van der Waals surface area contributed by atoms with E-state index in [0.29, 0.717) is 6.61 Å². The van der Waals surface area contributed by atoms with Gasteiger partial charge in [-0.05, 0) is 62.2 Å². The molecule has 106 valence electrons. The highest BCUT2D eigenvalue weighted by Crippen LogP contribution is 2.36. The zero-order valence-corrected chi connectivity index (χ0v) is 16.6. The summed E-state index contributed by atoms with van der Waals surface area (Å²) in [5, 5.41) is 3.31. The van der Waals surface area contributed by atoms with Crippen molar-refractivity contribution < 1.29 is 4.74 Å². The molecule has 6 heteroatoms. The van der Waals surface area contributed by atoms with Crippen LogP contribution >= 0.6 is 63.7 Å². The highest BCUT2D eigenvalue weighted by Gasteiger charge is 2.07. The van der Waals surface area contributed by atoms with Gasteiger partial charge >= 0.3 is 0 Å². The topological polar surface area (TPSA) is 21.3 Å². The van der Waals surface area contributed by atoms with Crippen molar-refractivity contribution in [2.75, 3.05) is 18.5 Å². The van der Waals surface area contributed by atoms with E-state index in [4.69, 9.17) is 4.74 Å². The molecule has 1 N–H and O–H groups in total. The fourth-order valence-electron chi connectivity index (χ4n) is 1.61. The van der Waals surface area contributed by atoms with Gasteiger partial charge in [-0.15, -0.1) is 0 Å². The minimum Gasteiger partial charge on any atom is -0.489 e. The van der Waals surface area contributed by atoms with Crippen molar-refractivity contribution in [3.8, 4) is 5.75 Å². The Bertz CT molecular complexity index is 580. The van der Waals surface area contributed by atoms with Crippen molar-refractivity contribution in [2.24, 2.45) is 0 Å². The van der Waals surface area contributed by atoms with Crippen LogP contribution in [0.2, 0.25) is 0 Å². The molecule has 0 saturated carbocycles. The van der Waals surface area contributed by atoms with E-state index < -0.39 is 0 Å². The molecular weight excluding hydrogens is 518 g/mol. The number of nitrogens with one attached hydrogen (secondary N) is 1. The first kappa shape index (κ1) is 16.3. The summed E-state index contributed by atoms with van der Waals surface area (Å²) >= 11 is 13.9. The minimum atomic E-state index is 0.575. The Labute approximate surface area is 151 Å². The lowest BCUT2D eigenvalue weighted by molar-refractivity contribution is 0.328. The van der Waals surface area contributed by atoms with Gasteiger partial charge in [0.15, 0.2) is 0 Å². The second kappa shape index (κ2) is 7.82. The summed E-state index contributed by atoms with van der Waals surface area (Å²) in [5.74, 6) is 0.809. The van der Waals surface area contributed by atoms with Crippen LogP contribution in [0.25, 0.3) is 0 Å². The van der Waals surface area contributed by atoms with Gasteiger partial charge in [0.05, 0.1) is 8.95 Å². The van der Waals surface area contributed by atoms with Gasteiger partial charge < -0.3 is 10.1 Å². The van der Waals surface area contributed by atoms with Crippen molar-refractivity contribution in [1.29, 1.82) is 0 Å².